The average molecular weight is 732 g/mol. The van der Waals surface area contributed by atoms with Gasteiger partial charge in [-0.2, -0.15) is 31.9 Å². The summed E-state index contributed by atoms with van der Waals surface area (Å²) < 4.78 is 41.9. The van der Waals surface area contributed by atoms with Gasteiger partial charge in [-0.15, -0.1) is 0 Å². The number of anilines is 3. The minimum Gasteiger partial charge on any atom is -0.481 e. The number of carbonyl (C=O) groups excluding carboxylic acids is 1. The van der Waals surface area contributed by atoms with E-state index >= 15 is 0 Å². The Hall–Kier alpha value is -4.65. The number of carboxylic acids is 1. The topological polar surface area (TPSA) is 169 Å². The van der Waals surface area contributed by atoms with Gasteiger partial charge >= 0.3 is 12.1 Å². The number of carboxylic acid groups (broad SMARTS) is 1. The van der Waals surface area contributed by atoms with E-state index in [-0.39, 0.29) is 69.3 Å². The molecule has 0 unspecified atom stereocenters. The molecule has 0 saturated carbocycles. The van der Waals surface area contributed by atoms with Crippen molar-refractivity contribution in [2.75, 3.05) is 47.8 Å². The third-order valence-corrected chi connectivity index (χ3v) is 9.22. The molecule has 0 radical (unpaired) electrons. The monoisotopic (exact) mass is 731 g/mol. The van der Waals surface area contributed by atoms with Gasteiger partial charge in [0.25, 0.3) is 0 Å². The lowest BCUT2D eigenvalue weighted by Gasteiger charge is -2.34. The average Bonchev–Trinajstić information content (AvgIpc) is 3.59. The van der Waals surface area contributed by atoms with Crippen LogP contribution in [0.4, 0.5) is 30.5 Å². The SMILES string of the molecule is C.N#Cc1ccc(CCNC(=O)[C@@H]2CCCN2c2cc(N3CCC(CCNc4c(CCCC(=O)O)c(=O)c4=O)CC3)nc(C(F)(F)F)n2)cc1.S. The number of hydrogen-bond acceptors (Lipinski definition) is 10. The van der Waals surface area contributed by atoms with Crippen molar-refractivity contribution in [1.29, 1.82) is 5.26 Å². The van der Waals surface area contributed by atoms with Crippen molar-refractivity contribution in [1.82, 2.24) is 15.3 Å². The first kappa shape index (κ1) is 40.8. The molecule has 1 aromatic heterocycles. The fourth-order valence-corrected chi connectivity index (χ4v) is 6.50. The Morgan fingerprint density at radius 2 is 1.67 bits per heavy atom. The van der Waals surface area contributed by atoms with E-state index < -0.39 is 34.9 Å². The molecule has 2 fully saturated rings. The van der Waals surface area contributed by atoms with Crippen LogP contribution in [0.5, 0.6) is 0 Å². The Morgan fingerprint density at radius 1 is 0.980 bits per heavy atom. The predicted octanol–water partition coefficient (Wildman–Crippen LogP) is 4.17. The Bertz CT molecular complexity index is 1770. The number of halogens is 3. The molecule has 12 nitrogen and oxygen atoms in total. The second kappa shape index (κ2) is 18.0. The van der Waals surface area contributed by atoms with Crippen LogP contribution in [0, 0.1) is 17.2 Å². The van der Waals surface area contributed by atoms with E-state index in [1.165, 1.54) is 6.07 Å². The minimum absolute atomic E-state index is 0. The first-order valence-electron chi connectivity index (χ1n) is 16.5. The molecule has 3 heterocycles. The van der Waals surface area contributed by atoms with E-state index in [1.54, 1.807) is 21.9 Å². The number of rotatable bonds is 14. The lowest BCUT2D eigenvalue weighted by atomic mass is 9.93. The van der Waals surface area contributed by atoms with Gasteiger partial charge in [0.1, 0.15) is 17.7 Å². The molecular formula is C35H44F3N7O5S. The molecule has 5 rings (SSSR count). The van der Waals surface area contributed by atoms with E-state index in [2.05, 4.69) is 26.7 Å². The Kier molecular flexibility index (Phi) is 14.4. The van der Waals surface area contributed by atoms with Gasteiger partial charge in [0.05, 0.1) is 17.3 Å². The summed E-state index contributed by atoms with van der Waals surface area (Å²) in [6, 6.07) is 9.94. The van der Waals surface area contributed by atoms with Crippen molar-refractivity contribution < 1.29 is 27.9 Å². The number of piperidine rings is 1. The Balaban J connectivity index is 0.00000351. The van der Waals surface area contributed by atoms with Crippen molar-refractivity contribution in [3.8, 4) is 6.07 Å². The first-order chi connectivity index (χ1) is 23.4. The first-order valence-corrected chi connectivity index (χ1v) is 16.5. The van der Waals surface area contributed by atoms with Gasteiger partial charge in [-0.3, -0.25) is 19.2 Å². The molecule has 3 aromatic rings. The number of benzene rings is 1. The Labute approximate surface area is 301 Å². The molecular weight excluding hydrogens is 687 g/mol. The van der Waals surface area contributed by atoms with Gasteiger partial charge in [-0.25, -0.2) is 9.97 Å². The van der Waals surface area contributed by atoms with E-state index in [9.17, 15) is 32.3 Å². The third-order valence-electron chi connectivity index (χ3n) is 9.22. The normalized spacial score (nSPS) is 16.2. The number of hydrogen-bond donors (Lipinski definition) is 3. The zero-order valence-corrected chi connectivity index (χ0v) is 28.4. The summed E-state index contributed by atoms with van der Waals surface area (Å²) in [4.78, 5) is 59.0. The van der Waals surface area contributed by atoms with Gasteiger partial charge in [-0.05, 0) is 75.0 Å². The molecule has 0 aliphatic carbocycles. The van der Waals surface area contributed by atoms with Crippen molar-refractivity contribution in [2.24, 2.45) is 5.92 Å². The summed E-state index contributed by atoms with van der Waals surface area (Å²) in [6.45, 7) is 2.06. The molecule has 3 N–H and O–H groups in total. The lowest BCUT2D eigenvalue weighted by molar-refractivity contribution is -0.144. The fraction of sp³-hybridized carbons (Fsp3) is 0.514. The highest BCUT2D eigenvalue weighted by atomic mass is 32.1. The van der Waals surface area contributed by atoms with Gasteiger partial charge in [0, 0.05) is 50.8 Å². The molecule has 16 heteroatoms. The van der Waals surface area contributed by atoms with Crippen LogP contribution in [0.15, 0.2) is 39.9 Å². The number of carbonyl (C=O) groups is 2. The largest absolute Gasteiger partial charge is 0.481 e. The van der Waals surface area contributed by atoms with E-state index in [0.29, 0.717) is 82.4 Å². The van der Waals surface area contributed by atoms with Crippen LogP contribution in [0.1, 0.15) is 74.9 Å². The molecule has 1 amide bonds. The van der Waals surface area contributed by atoms with Crippen LogP contribution in [0.2, 0.25) is 0 Å². The van der Waals surface area contributed by atoms with Crippen LogP contribution in [-0.2, 0) is 28.6 Å². The predicted molar refractivity (Wildman–Crippen MR) is 192 cm³/mol. The molecule has 51 heavy (non-hydrogen) atoms. The molecule has 2 aliphatic rings. The quantitative estimate of drug-likeness (QED) is 0.204. The number of nitrogens with zero attached hydrogens (tertiary/aromatic N) is 5. The van der Waals surface area contributed by atoms with Crippen LogP contribution < -0.4 is 31.3 Å². The van der Waals surface area contributed by atoms with Crippen LogP contribution in [0.25, 0.3) is 0 Å². The molecule has 2 saturated heterocycles. The van der Waals surface area contributed by atoms with Gasteiger partial charge in [0.2, 0.25) is 22.6 Å². The molecule has 2 aromatic carbocycles. The van der Waals surface area contributed by atoms with E-state index in [1.807, 2.05) is 12.1 Å². The number of nitrogens with one attached hydrogen (secondary N) is 2. The summed E-state index contributed by atoms with van der Waals surface area (Å²) in [6.07, 6.45) is -0.724. The number of nitriles is 1. The van der Waals surface area contributed by atoms with Crippen LogP contribution in [0.3, 0.4) is 0 Å². The smallest absolute Gasteiger partial charge is 0.451 e. The summed E-state index contributed by atoms with van der Waals surface area (Å²) in [5.74, 6) is -2.08. The second-order valence-corrected chi connectivity index (χ2v) is 12.5. The lowest BCUT2D eigenvalue weighted by Crippen LogP contribution is -2.44. The van der Waals surface area contributed by atoms with E-state index in [4.69, 9.17) is 10.4 Å². The highest BCUT2D eigenvalue weighted by molar-refractivity contribution is 7.59. The maximum Gasteiger partial charge on any atom is 0.451 e. The van der Waals surface area contributed by atoms with E-state index in [0.717, 1.165) is 5.56 Å². The highest BCUT2D eigenvalue weighted by Gasteiger charge is 2.39. The Morgan fingerprint density at radius 3 is 2.31 bits per heavy atom. The van der Waals surface area contributed by atoms with Crippen molar-refractivity contribution in [2.45, 2.75) is 77.4 Å². The maximum absolute atomic E-state index is 14.0. The minimum atomic E-state index is -4.78. The zero-order chi connectivity index (χ0) is 35.1. The second-order valence-electron chi connectivity index (χ2n) is 12.5. The molecule has 276 valence electrons. The van der Waals surface area contributed by atoms with Crippen molar-refractivity contribution in [3.63, 3.8) is 0 Å². The summed E-state index contributed by atoms with van der Waals surface area (Å²) >= 11 is 0. The van der Waals surface area contributed by atoms with Gasteiger partial charge < -0.3 is 25.5 Å². The van der Waals surface area contributed by atoms with Crippen molar-refractivity contribution in [3.05, 3.63) is 73.3 Å². The maximum atomic E-state index is 14.0. The fourth-order valence-electron chi connectivity index (χ4n) is 6.50. The molecule has 0 spiro atoms. The molecule has 1 atom stereocenters. The molecule has 0 bridgehead atoms. The number of alkyl halides is 3. The van der Waals surface area contributed by atoms with Crippen LogP contribution in [-0.4, -0.2) is 65.7 Å². The summed E-state index contributed by atoms with van der Waals surface area (Å²) in [7, 11) is 0. The highest BCUT2D eigenvalue weighted by Crippen LogP contribution is 2.34. The third kappa shape index (κ3) is 10.2. The zero-order valence-electron chi connectivity index (χ0n) is 27.4. The number of aliphatic carboxylic acids is 1. The molecule has 2 aliphatic heterocycles. The standard InChI is InChI=1S/C34H38F3N7O5.CH4.H2S/c35-34(36,37)33-41-26(43-17-12-22(13-18-43)10-14-39-29-24(30(47)31(29)48)3-1-5-28(45)46)19-27(42-33)44-16-2-4-25(44)32(49)40-15-11-21-6-8-23(20-38)9-7-21;;/h6-9,19,22,25,39H,1-5,10-18H2,(H,40,49)(H,45,46);1H4;1H2/t25-;;/m0../s1. The number of aromatic nitrogens is 2. The number of amides is 1. The summed E-state index contributed by atoms with van der Waals surface area (Å²) in [5.41, 5.74) is 0.893. The van der Waals surface area contributed by atoms with Crippen LogP contribution >= 0.6 is 13.5 Å². The van der Waals surface area contributed by atoms with Gasteiger partial charge in [-0.1, -0.05) is 19.6 Å². The van der Waals surface area contributed by atoms with Gasteiger partial charge in [0.15, 0.2) is 0 Å². The summed E-state index contributed by atoms with van der Waals surface area (Å²) in [5, 5.41) is 23.7. The van der Waals surface area contributed by atoms with Crippen molar-refractivity contribution >= 4 is 42.7 Å².